The number of rotatable bonds is 2. The quantitative estimate of drug-likeness (QED) is 0.820. The summed E-state index contributed by atoms with van der Waals surface area (Å²) >= 11 is 5.83. The van der Waals surface area contributed by atoms with Crippen LogP contribution < -0.4 is 10.1 Å². The number of benzene rings is 1. The Bertz CT molecular complexity index is 462. The van der Waals surface area contributed by atoms with E-state index < -0.39 is 0 Å². The number of allylic oxidation sites excluding steroid dienone is 2. The topological polar surface area (TPSA) is 21.3 Å². The minimum Gasteiger partial charge on any atom is -0.451 e. The van der Waals surface area contributed by atoms with Gasteiger partial charge in [0.1, 0.15) is 0 Å². The van der Waals surface area contributed by atoms with Crippen LogP contribution in [0.25, 0.3) is 0 Å². The second kappa shape index (κ2) is 3.83. The molecule has 3 heteroatoms. The normalized spacial score (nSPS) is 13.7. The van der Waals surface area contributed by atoms with Gasteiger partial charge >= 0.3 is 0 Å². The molecule has 76 valence electrons. The van der Waals surface area contributed by atoms with Crippen LogP contribution in [-0.2, 0) is 0 Å². The van der Waals surface area contributed by atoms with E-state index in [9.17, 15) is 0 Å². The fourth-order valence-corrected chi connectivity index (χ4v) is 1.51. The highest BCUT2D eigenvalue weighted by Crippen LogP contribution is 2.35. The van der Waals surface area contributed by atoms with Crippen molar-refractivity contribution in [2.24, 2.45) is 0 Å². The van der Waals surface area contributed by atoms with Gasteiger partial charge in [0.15, 0.2) is 11.5 Å². The summed E-state index contributed by atoms with van der Waals surface area (Å²) in [4.78, 5) is 0. The third kappa shape index (κ3) is 1.76. The Hall–Kier alpha value is -1.67. The van der Waals surface area contributed by atoms with Crippen LogP contribution in [0.2, 0.25) is 0 Å². The largest absolute Gasteiger partial charge is 0.451 e. The predicted molar refractivity (Wildman–Crippen MR) is 62.9 cm³/mol. The first-order valence-electron chi connectivity index (χ1n) is 4.48. The molecular formula is C12H10ClNO. The molecule has 1 aromatic rings. The number of hydrogen-bond donors (Lipinski definition) is 1. The first-order chi connectivity index (χ1) is 7.22. The Morgan fingerprint density at radius 2 is 2.13 bits per heavy atom. The van der Waals surface area contributed by atoms with E-state index in [1.54, 1.807) is 6.08 Å². The molecular weight excluding hydrogens is 210 g/mol. The van der Waals surface area contributed by atoms with Crippen LogP contribution in [0.3, 0.4) is 0 Å². The molecule has 0 bridgehead atoms. The van der Waals surface area contributed by atoms with Gasteiger partial charge in [0, 0.05) is 0 Å². The van der Waals surface area contributed by atoms with E-state index in [4.69, 9.17) is 16.3 Å². The van der Waals surface area contributed by atoms with Crippen molar-refractivity contribution >= 4 is 17.3 Å². The van der Waals surface area contributed by atoms with Gasteiger partial charge in [-0.3, -0.25) is 0 Å². The van der Waals surface area contributed by atoms with Crippen LogP contribution in [0.4, 0.5) is 5.69 Å². The van der Waals surface area contributed by atoms with Gasteiger partial charge in [0.25, 0.3) is 0 Å². The van der Waals surface area contributed by atoms with Crippen LogP contribution >= 0.6 is 11.6 Å². The third-order valence-electron chi connectivity index (χ3n) is 2.06. The van der Waals surface area contributed by atoms with Gasteiger partial charge in [-0.15, -0.1) is 0 Å². The molecule has 15 heavy (non-hydrogen) atoms. The number of anilines is 1. The number of hydrogen-bond acceptors (Lipinski definition) is 2. The third-order valence-corrected chi connectivity index (χ3v) is 2.24. The number of halogens is 1. The second-order valence-corrected chi connectivity index (χ2v) is 3.53. The second-order valence-electron chi connectivity index (χ2n) is 3.08. The minimum atomic E-state index is 0.354. The van der Waals surface area contributed by atoms with Crippen molar-refractivity contribution in [3.63, 3.8) is 0 Å². The summed E-state index contributed by atoms with van der Waals surface area (Å²) in [5.41, 5.74) is 1.63. The van der Waals surface area contributed by atoms with Crippen LogP contribution in [0.5, 0.6) is 5.75 Å². The molecule has 0 saturated heterocycles. The van der Waals surface area contributed by atoms with Crippen molar-refractivity contribution in [3.05, 3.63) is 60.0 Å². The van der Waals surface area contributed by atoms with E-state index in [-0.39, 0.29) is 0 Å². The number of ether oxygens (including phenoxy) is 1. The summed E-state index contributed by atoms with van der Waals surface area (Å²) in [6.07, 6.45) is 1.65. The lowest BCUT2D eigenvalue weighted by Gasteiger charge is -2.22. The monoisotopic (exact) mass is 219 g/mol. The molecule has 1 aliphatic rings. The van der Waals surface area contributed by atoms with E-state index in [2.05, 4.69) is 18.5 Å². The standard InChI is InChI=1S/C12H10ClNO/c1-3-9-12(8(2)13)15-11-7-5-4-6-10(11)14-9/h3-7,14H,1-2H2. The van der Waals surface area contributed by atoms with Crippen molar-refractivity contribution in [1.82, 2.24) is 0 Å². The van der Waals surface area contributed by atoms with E-state index in [0.29, 0.717) is 10.8 Å². The van der Waals surface area contributed by atoms with Crippen LogP contribution in [0.15, 0.2) is 60.0 Å². The molecule has 1 N–H and O–H groups in total. The minimum absolute atomic E-state index is 0.354. The first kappa shape index (κ1) is 9.87. The zero-order valence-electron chi connectivity index (χ0n) is 8.09. The molecule has 0 radical (unpaired) electrons. The predicted octanol–water partition coefficient (Wildman–Crippen LogP) is 3.64. The van der Waals surface area contributed by atoms with Gasteiger partial charge in [-0.1, -0.05) is 36.9 Å². The van der Waals surface area contributed by atoms with Crippen molar-refractivity contribution in [2.45, 2.75) is 0 Å². The molecule has 2 nitrogen and oxygen atoms in total. The molecule has 0 spiro atoms. The van der Waals surface area contributed by atoms with E-state index in [0.717, 1.165) is 17.1 Å². The zero-order chi connectivity index (χ0) is 10.8. The molecule has 0 fully saturated rings. The molecule has 0 unspecified atom stereocenters. The zero-order valence-corrected chi connectivity index (χ0v) is 8.84. The molecule has 0 amide bonds. The fourth-order valence-electron chi connectivity index (χ4n) is 1.37. The van der Waals surface area contributed by atoms with Gasteiger partial charge < -0.3 is 10.1 Å². The van der Waals surface area contributed by atoms with Crippen molar-refractivity contribution in [1.29, 1.82) is 0 Å². The maximum absolute atomic E-state index is 5.83. The Balaban J connectivity index is 2.46. The Kier molecular flexibility index (Phi) is 2.52. The first-order valence-corrected chi connectivity index (χ1v) is 4.85. The lowest BCUT2D eigenvalue weighted by molar-refractivity contribution is 0.433. The highest BCUT2D eigenvalue weighted by molar-refractivity contribution is 6.31. The molecule has 1 aromatic carbocycles. The summed E-state index contributed by atoms with van der Waals surface area (Å²) in [5.74, 6) is 1.25. The van der Waals surface area contributed by atoms with E-state index >= 15 is 0 Å². The van der Waals surface area contributed by atoms with Crippen LogP contribution in [-0.4, -0.2) is 0 Å². The van der Waals surface area contributed by atoms with Gasteiger partial charge in [0.2, 0.25) is 0 Å². The van der Waals surface area contributed by atoms with Gasteiger partial charge in [-0.25, -0.2) is 0 Å². The summed E-state index contributed by atoms with van der Waals surface area (Å²) in [6.45, 7) is 7.33. The molecule has 2 rings (SSSR count). The highest BCUT2D eigenvalue weighted by atomic mass is 35.5. The SMILES string of the molecule is C=CC1=C(C(=C)Cl)Oc2ccccc2N1. The lowest BCUT2D eigenvalue weighted by atomic mass is 10.2. The average molecular weight is 220 g/mol. The maximum atomic E-state index is 5.83. The van der Waals surface area contributed by atoms with Gasteiger partial charge in [0.05, 0.1) is 16.4 Å². The van der Waals surface area contributed by atoms with E-state index in [1.807, 2.05) is 24.3 Å². The average Bonchev–Trinajstić information content (AvgIpc) is 2.27. The summed E-state index contributed by atoms with van der Waals surface area (Å²) in [5, 5.41) is 3.52. The molecule has 0 saturated carbocycles. The van der Waals surface area contributed by atoms with E-state index in [1.165, 1.54) is 0 Å². The van der Waals surface area contributed by atoms with Crippen LogP contribution in [0, 0.1) is 0 Å². The van der Waals surface area contributed by atoms with Crippen LogP contribution in [0.1, 0.15) is 0 Å². The number of para-hydroxylation sites is 2. The van der Waals surface area contributed by atoms with Crippen molar-refractivity contribution < 1.29 is 4.74 Å². The fraction of sp³-hybridized carbons (Fsp3) is 0. The van der Waals surface area contributed by atoms with Crippen molar-refractivity contribution in [2.75, 3.05) is 5.32 Å². The van der Waals surface area contributed by atoms with Gasteiger partial charge in [-0.05, 0) is 18.2 Å². The van der Waals surface area contributed by atoms with Crippen molar-refractivity contribution in [3.8, 4) is 5.75 Å². The number of nitrogens with one attached hydrogen (secondary N) is 1. The molecule has 1 aliphatic heterocycles. The lowest BCUT2D eigenvalue weighted by Crippen LogP contribution is -2.12. The Morgan fingerprint density at radius 1 is 1.40 bits per heavy atom. The Morgan fingerprint density at radius 3 is 2.80 bits per heavy atom. The number of fused-ring (bicyclic) bond motifs is 1. The Labute approximate surface area is 93.5 Å². The molecule has 1 heterocycles. The summed E-state index contributed by atoms with van der Waals surface area (Å²) in [7, 11) is 0. The summed E-state index contributed by atoms with van der Waals surface area (Å²) in [6, 6.07) is 7.61. The smallest absolute Gasteiger partial charge is 0.168 e. The molecule has 0 aliphatic carbocycles. The molecule has 0 aromatic heterocycles. The molecule has 0 atom stereocenters. The maximum Gasteiger partial charge on any atom is 0.168 e. The highest BCUT2D eigenvalue weighted by Gasteiger charge is 2.18. The van der Waals surface area contributed by atoms with Gasteiger partial charge in [-0.2, -0.15) is 0 Å². The summed E-state index contributed by atoms with van der Waals surface area (Å²) < 4.78 is 5.61.